The lowest BCUT2D eigenvalue weighted by Gasteiger charge is -2.13. The minimum absolute atomic E-state index is 0.0647. The van der Waals surface area contributed by atoms with Gasteiger partial charge in [-0.3, -0.25) is 0 Å². The van der Waals surface area contributed by atoms with Gasteiger partial charge in [-0.25, -0.2) is 4.98 Å². The van der Waals surface area contributed by atoms with E-state index in [4.69, 9.17) is 10.2 Å². The molecule has 3 aromatic rings. The van der Waals surface area contributed by atoms with Gasteiger partial charge in [0.25, 0.3) is 0 Å². The van der Waals surface area contributed by atoms with Crippen molar-refractivity contribution in [1.29, 1.82) is 0 Å². The number of aromatic nitrogens is 1. The van der Waals surface area contributed by atoms with Crippen LogP contribution in [0.5, 0.6) is 0 Å². The van der Waals surface area contributed by atoms with E-state index in [9.17, 15) is 0 Å². The molecule has 2 heterocycles. The van der Waals surface area contributed by atoms with Crippen LogP contribution in [0.4, 0.5) is 5.82 Å². The number of anilines is 1. The molecule has 4 nitrogen and oxygen atoms in total. The number of benzene rings is 1. The highest BCUT2D eigenvalue weighted by Gasteiger charge is 2.08. The number of hydrogen-bond acceptors (Lipinski definition) is 4. The van der Waals surface area contributed by atoms with Gasteiger partial charge in [-0.05, 0) is 17.7 Å². The Kier molecular flexibility index (Phi) is 3.16. The van der Waals surface area contributed by atoms with Gasteiger partial charge in [-0.2, -0.15) is 0 Å². The Bertz CT molecular complexity index is 663. The molecule has 0 aliphatic rings. The minimum atomic E-state index is -0.0647. The van der Waals surface area contributed by atoms with Crippen molar-refractivity contribution in [2.24, 2.45) is 5.73 Å². The number of rotatable bonds is 4. The fraction of sp³-hybridized carbons (Fsp3) is 0.133. The number of nitrogens with two attached hydrogens (primary N) is 1. The number of hydrogen-bond donors (Lipinski definition) is 2. The molecule has 0 amide bonds. The number of furan rings is 1. The van der Waals surface area contributed by atoms with E-state index in [-0.39, 0.29) is 6.04 Å². The summed E-state index contributed by atoms with van der Waals surface area (Å²) < 4.78 is 5.34. The fourth-order valence-electron chi connectivity index (χ4n) is 2.06. The molecule has 0 saturated heterocycles. The standard InChI is InChI=1S/C15H15N3O/c16-13(11-4-2-1-3-5-11)10-18-15-12-7-9-19-14(12)6-8-17-15/h1-9,13H,10,16H2,(H,17,18). The van der Waals surface area contributed by atoms with Gasteiger partial charge >= 0.3 is 0 Å². The largest absolute Gasteiger partial charge is 0.464 e. The number of fused-ring (bicyclic) bond motifs is 1. The van der Waals surface area contributed by atoms with Crippen molar-refractivity contribution in [2.75, 3.05) is 11.9 Å². The molecular weight excluding hydrogens is 238 g/mol. The van der Waals surface area contributed by atoms with Crippen LogP contribution in [0.1, 0.15) is 11.6 Å². The summed E-state index contributed by atoms with van der Waals surface area (Å²) in [5, 5.41) is 4.25. The predicted molar refractivity (Wildman–Crippen MR) is 75.9 cm³/mol. The van der Waals surface area contributed by atoms with Gasteiger partial charge in [0.2, 0.25) is 0 Å². The average molecular weight is 253 g/mol. The van der Waals surface area contributed by atoms with Gasteiger partial charge in [0, 0.05) is 18.8 Å². The molecule has 0 aliphatic heterocycles. The first-order chi connectivity index (χ1) is 9.34. The van der Waals surface area contributed by atoms with Crippen molar-refractivity contribution in [3.05, 3.63) is 60.5 Å². The van der Waals surface area contributed by atoms with E-state index < -0.39 is 0 Å². The third kappa shape index (κ3) is 2.44. The van der Waals surface area contributed by atoms with Crippen LogP contribution < -0.4 is 11.1 Å². The molecule has 19 heavy (non-hydrogen) atoms. The molecule has 2 aromatic heterocycles. The molecule has 3 N–H and O–H groups in total. The molecule has 0 radical (unpaired) electrons. The Morgan fingerprint density at radius 3 is 2.84 bits per heavy atom. The van der Waals surface area contributed by atoms with E-state index in [2.05, 4.69) is 10.3 Å². The van der Waals surface area contributed by atoms with Crippen LogP contribution in [0, 0.1) is 0 Å². The number of pyridine rings is 1. The summed E-state index contributed by atoms with van der Waals surface area (Å²) in [6.45, 7) is 0.626. The highest BCUT2D eigenvalue weighted by molar-refractivity contribution is 5.87. The molecular formula is C15H15N3O. The molecule has 0 fully saturated rings. The highest BCUT2D eigenvalue weighted by atomic mass is 16.3. The van der Waals surface area contributed by atoms with Gasteiger partial charge in [0.1, 0.15) is 11.4 Å². The van der Waals surface area contributed by atoms with Crippen molar-refractivity contribution in [3.63, 3.8) is 0 Å². The topological polar surface area (TPSA) is 64.1 Å². The van der Waals surface area contributed by atoms with Gasteiger partial charge in [0.15, 0.2) is 0 Å². The summed E-state index contributed by atoms with van der Waals surface area (Å²) in [5.74, 6) is 0.803. The summed E-state index contributed by atoms with van der Waals surface area (Å²) in [5.41, 5.74) is 8.08. The summed E-state index contributed by atoms with van der Waals surface area (Å²) in [6.07, 6.45) is 3.39. The third-order valence-electron chi connectivity index (χ3n) is 3.10. The first kappa shape index (κ1) is 11.7. The number of nitrogens with zero attached hydrogens (tertiary/aromatic N) is 1. The molecule has 1 atom stereocenters. The molecule has 0 bridgehead atoms. The molecule has 3 rings (SSSR count). The molecule has 1 aromatic carbocycles. The first-order valence-corrected chi connectivity index (χ1v) is 6.21. The third-order valence-corrected chi connectivity index (χ3v) is 3.10. The van der Waals surface area contributed by atoms with Crippen molar-refractivity contribution < 1.29 is 4.42 Å². The van der Waals surface area contributed by atoms with E-state index in [1.807, 2.05) is 42.5 Å². The normalized spacial score (nSPS) is 12.5. The van der Waals surface area contributed by atoms with Crippen molar-refractivity contribution in [1.82, 2.24) is 4.98 Å². The predicted octanol–water partition coefficient (Wildman–Crippen LogP) is 2.94. The van der Waals surface area contributed by atoms with Crippen LogP contribution in [0.15, 0.2) is 59.3 Å². The zero-order chi connectivity index (χ0) is 13.1. The van der Waals surface area contributed by atoms with Crippen molar-refractivity contribution in [3.8, 4) is 0 Å². The summed E-state index contributed by atoms with van der Waals surface area (Å²) in [7, 11) is 0. The SMILES string of the molecule is NC(CNc1nccc2occc12)c1ccccc1. The van der Waals surface area contributed by atoms with E-state index in [0.717, 1.165) is 22.4 Å². The second-order valence-electron chi connectivity index (χ2n) is 4.39. The Hall–Kier alpha value is -2.33. The molecule has 96 valence electrons. The van der Waals surface area contributed by atoms with Gasteiger partial charge in [-0.15, -0.1) is 0 Å². The Labute approximate surface area is 111 Å². The van der Waals surface area contributed by atoms with Crippen molar-refractivity contribution >= 4 is 16.8 Å². The fourth-order valence-corrected chi connectivity index (χ4v) is 2.06. The van der Waals surface area contributed by atoms with Crippen LogP contribution >= 0.6 is 0 Å². The molecule has 0 saturated carbocycles. The maximum absolute atomic E-state index is 6.15. The lowest BCUT2D eigenvalue weighted by Crippen LogP contribution is -2.20. The summed E-state index contributed by atoms with van der Waals surface area (Å²) in [6, 6.07) is 13.7. The Morgan fingerprint density at radius 2 is 2.00 bits per heavy atom. The van der Waals surface area contributed by atoms with Crippen LogP contribution in [0.2, 0.25) is 0 Å². The van der Waals surface area contributed by atoms with E-state index >= 15 is 0 Å². The second kappa shape index (κ2) is 5.12. The summed E-state index contributed by atoms with van der Waals surface area (Å²) in [4.78, 5) is 4.32. The minimum Gasteiger partial charge on any atom is -0.464 e. The molecule has 0 spiro atoms. The van der Waals surface area contributed by atoms with Crippen LogP contribution in [0.25, 0.3) is 11.0 Å². The second-order valence-corrected chi connectivity index (χ2v) is 4.39. The zero-order valence-corrected chi connectivity index (χ0v) is 10.4. The van der Waals surface area contributed by atoms with Crippen molar-refractivity contribution in [2.45, 2.75) is 6.04 Å². The van der Waals surface area contributed by atoms with Gasteiger partial charge in [-0.1, -0.05) is 30.3 Å². The molecule has 4 heteroatoms. The molecule has 0 aliphatic carbocycles. The monoisotopic (exact) mass is 253 g/mol. The van der Waals surface area contributed by atoms with Crippen LogP contribution in [-0.2, 0) is 0 Å². The highest BCUT2D eigenvalue weighted by Crippen LogP contribution is 2.22. The summed E-state index contributed by atoms with van der Waals surface area (Å²) >= 11 is 0. The maximum atomic E-state index is 6.15. The Morgan fingerprint density at radius 1 is 1.16 bits per heavy atom. The van der Waals surface area contributed by atoms with Gasteiger partial charge < -0.3 is 15.5 Å². The van der Waals surface area contributed by atoms with E-state index in [0.29, 0.717) is 6.54 Å². The first-order valence-electron chi connectivity index (χ1n) is 6.21. The van der Waals surface area contributed by atoms with Crippen LogP contribution in [-0.4, -0.2) is 11.5 Å². The lowest BCUT2D eigenvalue weighted by atomic mass is 10.1. The Balaban J connectivity index is 1.74. The van der Waals surface area contributed by atoms with Gasteiger partial charge in [0.05, 0.1) is 11.6 Å². The molecule has 1 unspecified atom stereocenters. The van der Waals surface area contributed by atoms with Crippen LogP contribution in [0.3, 0.4) is 0 Å². The zero-order valence-electron chi connectivity index (χ0n) is 10.4. The van der Waals surface area contributed by atoms with E-state index in [1.165, 1.54) is 0 Å². The maximum Gasteiger partial charge on any atom is 0.139 e. The number of nitrogens with one attached hydrogen (secondary N) is 1. The van der Waals surface area contributed by atoms with E-state index in [1.54, 1.807) is 12.5 Å². The average Bonchev–Trinajstić information content (AvgIpc) is 2.94. The quantitative estimate of drug-likeness (QED) is 0.750. The lowest BCUT2D eigenvalue weighted by molar-refractivity contribution is 0.615. The smallest absolute Gasteiger partial charge is 0.139 e.